The molecule has 0 bridgehead atoms. The first-order valence-electron chi connectivity index (χ1n) is 3.84. The lowest BCUT2D eigenvalue weighted by molar-refractivity contribution is 0.0692. The van der Waals surface area contributed by atoms with Gasteiger partial charge in [-0.1, -0.05) is 0 Å². The Kier molecular flexibility index (Phi) is 3.19. The molecule has 0 aliphatic rings. The Hall–Kier alpha value is -1.16. The van der Waals surface area contributed by atoms with Gasteiger partial charge in [0, 0.05) is 4.90 Å². The molecule has 70 valence electrons. The lowest BCUT2D eigenvalue weighted by atomic mass is 10.2. The Morgan fingerprint density at radius 2 is 2.31 bits per heavy atom. The van der Waals surface area contributed by atoms with Gasteiger partial charge in [-0.05, 0) is 25.1 Å². The maximum Gasteiger partial charge on any atom is 0.339 e. The smallest absolute Gasteiger partial charge is 0.339 e. The summed E-state index contributed by atoms with van der Waals surface area (Å²) in [5.41, 5.74) is 0.166. The summed E-state index contributed by atoms with van der Waals surface area (Å²) in [4.78, 5) is 11.4. The molecule has 1 N–H and O–H groups in total. The fraction of sp³-hybridized carbons (Fsp3) is 0.222. The Bertz CT molecular complexity index is 323. The summed E-state index contributed by atoms with van der Waals surface area (Å²) in [6, 6.07) is 4.70. The van der Waals surface area contributed by atoms with Crippen molar-refractivity contribution in [1.29, 1.82) is 0 Å². The van der Waals surface area contributed by atoms with Gasteiger partial charge in [-0.15, -0.1) is 12.6 Å². The van der Waals surface area contributed by atoms with E-state index in [0.717, 1.165) is 0 Å². The molecule has 0 heterocycles. The minimum atomic E-state index is -0.989. The maximum atomic E-state index is 10.7. The Morgan fingerprint density at radius 3 is 2.85 bits per heavy atom. The first-order chi connectivity index (χ1) is 6.15. The highest BCUT2D eigenvalue weighted by molar-refractivity contribution is 7.80. The van der Waals surface area contributed by atoms with Crippen molar-refractivity contribution in [3.05, 3.63) is 23.8 Å². The molecule has 1 rings (SSSR count). The third-order valence-corrected chi connectivity index (χ3v) is 1.77. The van der Waals surface area contributed by atoms with Gasteiger partial charge in [0.1, 0.15) is 11.3 Å². The third-order valence-electron chi connectivity index (χ3n) is 1.50. The average Bonchev–Trinajstić information content (AvgIpc) is 2.04. The molecule has 1 aromatic rings. The number of carboxylic acid groups (broad SMARTS) is 1. The van der Waals surface area contributed by atoms with Gasteiger partial charge in [0.05, 0.1) is 6.61 Å². The zero-order chi connectivity index (χ0) is 9.84. The number of thiol groups is 1. The first kappa shape index (κ1) is 9.92. The highest BCUT2D eigenvalue weighted by Crippen LogP contribution is 2.22. The van der Waals surface area contributed by atoms with Crippen molar-refractivity contribution in [3.8, 4) is 5.75 Å². The van der Waals surface area contributed by atoms with Crippen LogP contribution in [0.15, 0.2) is 23.1 Å². The standard InChI is InChI=1S/C9H10O3S/c1-2-12-8-5-6(13)3-4-7(8)9(10)11/h3-5,13H,2H2,1H3,(H,10,11). The number of carboxylic acids is 1. The van der Waals surface area contributed by atoms with Gasteiger partial charge in [0.15, 0.2) is 0 Å². The molecule has 0 spiro atoms. The Morgan fingerprint density at radius 1 is 1.62 bits per heavy atom. The monoisotopic (exact) mass is 198 g/mol. The van der Waals surface area contributed by atoms with E-state index < -0.39 is 5.97 Å². The van der Waals surface area contributed by atoms with E-state index in [1.807, 2.05) is 0 Å². The molecule has 3 nitrogen and oxygen atoms in total. The van der Waals surface area contributed by atoms with E-state index in [9.17, 15) is 4.79 Å². The molecule has 0 amide bonds. The summed E-state index contributed by atoms with van der Waals surface area (Å²) < 4.78 is 5.15. The molecule has 4 heteroatoms. The van der Waals surface area contributed by atoms with E-state index in [2.05, 4.69) is 12.6 Å². The second-order valence-electron chi connectivity index (χ2n) is 2.42. The van der Waals surface area contributed by atoms with Gasteiger partial charge < -0.3 is 9.84 Å². The molecule has 0 aromatic heterocycles. The van der Waals surface area contributed by atoms with Crippen LogP contribution in [0.25, 0.3) is 0 Å². The van der Waals surface area contributed by atoms with Crippen LogP contribution < -0.4 is 4.74 Å². The van der Waals surface area contributed by atoms with Crippen LogP contribution in [0.2, 0.25) is 0 Å². The number of aromatic carboxylic acids is 1. The Labute approximate surface area is 81.8 Å². The van der Waals surface area contributed by atoms with Crippen LogP contribution >= 0.6 is 12.6 Å². The number of hydrogen-bond acceptors (Lipinski definition) is 3. The van der Waals surface area contributed by atoms with Crippen LogP contribution in [0.5, 0.6) is 5.75 Å². The molecule has 0 aliphatic heterocycles. The molecular formula is C9H10O3S. The minimum absolute atomic E-state index is 0.166. The summed E-state index contributed by atoms with van der Waals surface area (Å²) in [6.45, 7) is 2.24. The lowest BCUT2D eigenvalue weighted by Crippen LogP contribution is -2.02. The second-order valence-corrected chi connectivity index (χ2v) is 2.94. The van der Waals surface area contributed by atoms with E-state index in [-0.39, 0.29) is 5.56 Å². The van der Waals surface area contributed by atoms with Gasteiger partial charge in [-0.3, -0.25) is 0 Å². The summed E-state index contributed by atoms with van der Waals surface area (Å²) in [7, 11) is 0. The quantitative estimate of drug-likeness (QED) is 0.731. The summed E-state index contributed by atoms with van der Waals surface area (Å²) >= 11 is 4.09. The summed E-state index contributed by atoms with van der Waals surface area (Å²) in [6.07, 6.45) is 0. The molecule has 0 saturated carbocycles. The highest BCUT2D eigenvalue weighted by Gasteiger charge is 2.10. The average molecular weight is 198 g/mol. The van der Waals surface area contributed by atoms with Gasteiger partial charge >= 0.3 is 5.97 Å². The largest absolute Gasteiger partial charge is 0.493 e. The number of carbonyl (C=O) groups is 1. The van der Waals surface area contributed by atoms with Crippen molar-refractivity contribution in [2.24, 2.45) is 0 Å². The van der Waals surface area contributed by atoms with Crippen LogP contribution in [0.1, 0.15) is 17.3 Å². The number of hydrogen-bond donors (Lipinski definition) is 2. The molecule has 0 radical (unpaired) electrons. The predicted molar refractivity (Wildman–Crippen MR) is 51.8 cm³/mol. The van der Waals surface area contributed by atoms with Crippen LogP contribution in [0.3, 0.4) is 0 Å². The molecule has 13 heavy (non-hydrogen) atoms. The van der Waals surface area contributed by atoms with Crippen molar-refractivity contribution in [2.45, 2.75) is 11.8 Å². The van der Waals surface area contributed by atoms with Crippen LogP contribution in [-0.2, 0) is 0 Å². The maximum absolute atomic E-state index is 10.7. The first-order valence-corrected chi connectivity index (χ1v) is 4.29. The van der Waals surface area contributed by atoms with Crippen molar-refractivity contribution in [2.75, 3.05) is 6.61 Å². The zero-order valence-electron chi connectivity index (χ0n) is 7.15. The summed E-state index contributed by atoms with van der Waals surface area (Å²) in [5.74, 6) is -0.626. The van der Waals surface area contributed by atoms with E-state index in [4.69, 9.17) is 9.84 Å². The van der Waals surface area contributed by atoms with Gasteiger partial charge in [-0.2, -0.15) is 0 Å². The second kappa shape index (κ2) is 4.18. The van der Waals surface area contributed by atoms with Crippen molar-refractivity contribution >= 4 is 18.6 Å². The fourth-order valence-electron chi connectivity index (χ4n) is 0.963. The predicted octanol–water partition coefficient (Wildman–Crippen LogP) is 2.07. The Balaban J connectivity index is 3.10. The summed E-state index contributed by atoms with van der Waals surface area (Å²) in [5, 5.41) is 8.78. The minimum Gasteiger partial charge on any atom is -0.493 e. The van der Waals surface area contributed by atoms with E-state index in [0.29, 0.717) is 17.3 Å². The lowest BCUT2D eigenvalue weighted by Gasteiger charge is -2.06. The normalized spacial score (nSPS) is 9.69. The van der Waals surface area contributed by atoms with Crippen molar-refractivity contribution in [1.82, 2.24) is 0 Å². The number of benzene rings is 1. The molecule has 0 unspecified atom stereocenters. The van der Waals surface area contributed by atoms with Gasteiger partial charge in [0.25, 0.3) is 0 Å². The topological polar surface area (TPSA) is 46.5 Å². The third kappa shape index (κ3) is 2.39. The van der Waals surface area contributed by atoms with Crippen LogP contribution in [0, 0.1) is 0 Å². The fourth-order valence-corrected chi connectivity index (χ4v) is 1.15. The molecule has 0 fully saturated rings. The molecule has 0 atom stereocenters. The molecule has 0 saturated heterocycles. The van der Waals surface area contributed by atoms with E-state index >= 15 is 0 Å². The van der Waals surface area contributed by atoms with Crippen molar-refractivity contribution in [3.63, 3.8) is 0 Å². The molecular weight excluding hydrogens is 188 g/mol. The van der Waals surface area contributed by atoms with E-state index in [1.54, 1.807) is 19.1 Å². The van der Waals surface area contributed by atoms with Crippen molar-refractivity contribution < 1.29 is 14.6 Å². The van der Waals surface area contributed by atoms with Gasteiger partial charge in [-0.25, -0.2) is 4.79 Å². The van der Waals surface area contributed by atoms with Gasteiger partial charge in [0.2, 0.25) is 0 Å². The van der Waals surface area contributed by atoms with Crippen LogP contribution in [-0.4, -0.2) is 17.7 Å². The highest BCUT2D eigenvalue weighted by atomic mass is 32.1. The molecule has 0 aliphatic carbocycles. The SMILES string of the molecule is CCOc1cc(S)ccc1C(=O)O. The zero-order valence-corrected chi connectivity index (χ0v) is 8.04. The molecule has 1 aromatic carbocycles. The van der Waals surface area contributed by atoms with Crippen LogP contribution in [0.4, 0.5) is 0 Å². The number of ether oxygens (including phenoxy) is 1. The number of rotatable bonds is 3. The van der Waals surface area contributed by atoms with E-state index in [1.165, 1.54) is 6.07 Å².